The molecule has 0 amide bonds. The third-order valence-electron chi connectivity index (χ3n) is 2.76. The second-order valence-corrected chi connectivity index (χ2v) is 4.26. The fraction of sp³-hybridized carbons (Fsp3) is 0.538. The van der Waals surface area contributed by atoms with Gasteiger partial charge in [-0.25, -0.2) is 8.78 Å². The summed E-state index contributed by atoms with van der Waals surface area (Å²) in [5, 5.41) is 2.88. The Morgan fingerprint density at radius 2 is 1.89 bits per heavy atom. The lowest BCUT2D eigenvalue weighted by molar-refractivity contribution is -0.135. The highest BCUT2D eigenvalue weighted by molar-refractivity contribution is 5.22. The van der Waals surface area contributed by atoms with Crippen molar-refractivity contribution in [1.29, 1.82) is 0 Å². The van der Waals surface area contributed by atoms with E-state index in [4.69, 9.17) is 0 Å². The number of nitrogens with one attached hydrogen (secondary N) is 1. The lowest BCUT2D eigenvalue weighted by Gasteiger charge is -2.19. The van der Waals surface area contributed by atoms with Gasteiger partial charge in [0.05, 0.1) is 0 Å². The van der Waals surface area contributed by atoms with Gasteiger partial charge in [-0.05, 0) is 25.5 Å². The lowest BCUT2D eigenvalue weighted by atomic mass is 10.00. The Kier molecular flexibility index (Phi) is 5.72. The zero-order chi connectivity index (χ0) is 14.5. The van der Waals surface area contributed by atoms with Crippen molar-refractivity contribution in [2.75, 3.05) is 6.54 Å². The van der Waals surface area contributed by atoms with Crippen molar-refractivity contribution in [2.24, 2.45) is 0 Å². The predicted octanol–water partition coefficient (Wildman–Crippen LogP) is 4.35. The van der Waals surface area contributed by atoms with Gasteiger partial charge in [-0.15, -0.1) is 0 Å². The van der Waals surface area contributed by atoms with Crippen LogP contribution in [-0.2, 0) is 0 Å². The van der Waals surface area contributed by atoms with Crippen molar-refractivity contribution in [2.45, 2.75) is 38.4 Å². The standard InChI is InChI=1S/C13H16F5N/c1-2-19-11(7-4-8-13(16,17)18)9-5-3-6-10(14)12(9)15/h3,5-6,11,19H,2,4,7-8H2,1H3. The Hall–Kier alpha value is -1.17. The SMILES string of the molecule is CCNC(CCCC(F)(F)F)c1cccc(F)c1F. The molecule has 0 fully saturated rings. The van der Waals surface area contributed by atoms with Crippen molar-refractivity contribution in [3.63, 3.8) is 0 Å². The summed E-state index contributed by atoms with van der Waals surface area (Å²) in [7, 11) is 0. The molecule has 0 radical (unpaired) electrons. The van der Waals surface area contributed by atoms with Crippen LogP contribution >= 0.6 is 0 Å². The Balaban J connectivity index is 2.74. The van der Waals surface area contributed by atoms with Crippen LogP contribution in [0.1, 0.15) is 37.8 Å². The highest BCUT2D eigenvalue weighted by Gasteiger charge is 2.27. The summed E-state index contributed by atoms with van der Waals surface area (Å²) in [6.07, 6.45) is -5.17. The minimum Gasteiger partial charge on any atom is -0.310 e. The number of alkyl halides is 3. The van der Waals surface area contributed by atoms with E-state index in [9.17, 15) is 22.0 Å². The number of hydrogen-bond acceptors (Lipinski definition) is 1. The van der Waals surface area contributed by atoms with E-state index in [1.165, 1.54) is 12.1 Å². The molecule has 1 rings (SSSR count). The van der Waals surface area contributed by atoms with Crippen LogP contribution in [0.2, 0.25) is 0 Å². The maximum atomic E-state index is 13.6. The van der Waals surface area contributed by atoms with Gasteiger partial charge >= 0.3 is 6.18 Å². The number of halogens is 5. The maximum Gasteiger partial charge on any atom is 0.389 e. The van der Waals surface area contributed by atoms with Crippen molar-refractivity contribution < 1.29 is 22.0 Å². The summed E-state index contributed by atoms with van der Waals surface area (Å²) < 4.78 is 63.0. The van der Waals surface area contributed by atoms with Crippen LogP contribution in [-0.4, -0.2) is 12.7 Å². The molecular weight excluding hydrogens is 265 g/mol. The van der Waals surface area contributed by atoms with E-state index in [1.54, 1.807) is 6.92 Å². The molecule has 1 N–H and O–H groups in total. The molecule has 1 atom stereocenters. The monoisotopic (exact) mass is 281 g/mol. The van der Waals surface area contributed by atoms with Crippen molar-refractivity contribution >= 4 is 0 Å². The van der Waals surface area contributed by atoms with Gasteiger partial charge in [0.2, 0.25) is 0 Å². The highest BCUT2D eigenvalue weighted by Crippen LogP contribution is 2.28. The zero-order valence-electron chi connectivity index (χ0n) is 10.5. The zero-order valence-corrected chi connectivity index (χ0v) is 10.5. The van der Waals surface area contributed by atoms with Gasteiger partial charge in [0.1, 0.15) is 0 Å². The molecule has 0 bridgehead atoms. The first kappa shape index (κ1) is 15.9. The van der Waals surface area contributed by atoms with Gasteiger partial charge in [0.15, 0.2) is 11.6 Å². The summed E-state index contributed by atoms with van der Waals surface area (Å²) in [6, 6.07) is 3.11. The lowest BCUT2D eigenvalue weighted by Crippen LogP contribution is -2.23. The molecule has 19 heavy (non-hydrogen) atoms. The van der Waals surface area contributed by atoms with Crippen LogP contribution < -0.4 is 5.32 Å². The van der Waals surface area contributed by atoms with E-state index < -0.39 is 30.3 Å². The normalized spacial score (nSPS) is 13.6. The maximum absolute atomic E-state index is 13.6. The van der Waals surface area contributed by atoms with E-state index in [0.717, 1.165) is 6.07 Å². The minimum atomic E-state index is -4.22. The first-order chi connectivity index (χ1) is 8.85. The van der Waals surface area contributed by atoms with Crippen molar-refractivity contribution in [1.82, 2.24) is 5.32 Å². The molecule has 0 aromatic heterocycles. The van der Waals surface area contributed by atoms with Crippen molar-refractivity contribution in [3.8, 4) is 0 Å². The van der Waals surface area contributed by atoms with Gasteiger partial charge < -0.3 is 5.32 Å². The van der Waals surface area contributed by atoms with Crippen LogP contribution in [0, 0.1) is 11.6 Å². The highest BCUT2D eigenvalue weighted by atomic mass is 19.4. The van der Waals surface area contributed by atoms with Crippen LogP contribution in [0.5, 0.6) is 0 Å². The fourth-order valence-electron chi connectivity index (χ4n) is 1.91. The van der Waals surface area contributed by atoms with E-state index in [-0.39, 0.29) is 18.4 Å². The third kappa shape index (κ3) is 5.14. The molecule has 6 heteroatoms. The molecular formula is C13H16F5N. The molecule has 1 aromatic carbocycles. The number of hydrogen-bond donors (Lipinski definition) is 1. The van der Waals surface area contributed by atoms with E-state index in [2.05, 4.69) is 5.32 Å². The second-order valence-electron chi connectivity index (χ2n) is 4.26. The largest absolute Gasteiger partial charge is 0.389 e. The average Bonchev–Trinajstić information content (AvgIpc) is 2.30. The van der Waals surface area contributed by atoms with Gasteiger partial charge in [0, 0.05) is 18.0 Å². The molecule has 0 aliphatic carbocycles. The molecule has 0 saturated carbocycles. The number of rotatable bonds is 6. The smallest absolute Gasteiger partial charge is 0.310 e. The Bertz CT molecular complexity index is 403. The van der Waals surface area contributed by atoms with Gasteiger partial charge in [-0.1, -0.05) is 19.1 Å². The van der Waals surface area contributed by atoms with E-state index in [1.807, 2.05) is 0 Å². The quantitative estimate of drug-likeness (QED) is 0.764. The first-order valence-electron chi connectivity index (χ1n) is 6.09. The molecule has 0 heterocycles. The average molecular weight is 281 g/mol. The molecule has 108 valence electrons. The van der Waals surface area contributed by atoms with Gasteiger partial charge in [-0.2, -0.15) is 13.2 Å². The summed E-state index contributed by atoms with van der Waals surface area (Å²) in [5.41, 5.74) is 0.0732. The van der Waals surface area contributed by atoms with Crippen LogP contribution in [0.15, 0.2) is 18.2 Å². The van der Waals surface area contributed by atoms with Crippen LogP contribution in [0.25, 0.3) is 0 Å². The van der Waals surface area contributed by atoms with Gasteiger partial charge in [-0.3, -0.25) is 0 Å². The molecule has 1 unspecified atom stereocenters. The molecule has 0 aliphatic rings. The molecule has 0 aliphatic heterocycles. The first-order valence-corrected chi connectivity index (χ1v) is 6.09. The van der Waals surface area contributed by atoms with Crippen molar-refractivity contribution in [3.05, 3.63) is 35.4 Å². The molecule has 0 saturated heterocycles. The topological polar surface area (TPSA) is 12.0 Å². The molecule has 0 spiro atoms. The third-order valence-corrected chi connectivity index (χ3v) is 2.76. The van der Waals surface area contributed by atoms with Gasteiger partial charge in [0.25, 0.3) is 0 Å². The summed E-state index contributed by atoms with van der Waals surface area (Å²) in [6.45, 7) is 2.22. The summed E-state index contributed by atoms with van der Waals surface area (Å²) >= 11 is 0. The van der Waals surface area contributed by atoms with E-state index in [0.29, 0.717) is 6.54 Å². The number of benzene rings is 1. The summed E-state index contributed by atoms with van der Waals surface area (Å²) in [4.78, 5) is 0. The predicted molar refractivity (Wildman–Crippen MR) is 62.7 cm³/mol. The van der Waals surface area contributed by atoms with E-state index >= 15 is 0 Å². The van der Waals surface area contributed by atoms with Crippen LogP contribution in [0.3, 0.4) is 0 Å². The molecule has 1 aromatic rings. The fourth-order valence-corrected chi connectivity index (χ4v) is 1.91. The second kappa shape index (κ2) is 6.84. The Morgan fingerprint density at radius 3 is 2.47 bits per heavy atom. The molecule has 1 nitrogen and oxygen atoms in total. The Morgan fingerprint density at radius 1 is 1.21 bits per heavy atom. The Labute approximate surface area is 108 Å². The van der Waals surface area contributed by atoms with Crippen LogP contribution in [0.4, 0.5) is 22.0 Å². The minimum absolute atomic E-state index is 0.0732. The summed E-state index contributed by atoms with van der Waals surface area (Å²) in [5.74, 6) is -1.99.